The maximum atomic E-state index is 13.1. The Morgan fingerprint density at radius 1 is 1.00 bits per heavy atom. The van der Waals surface area contributed by atoms with Crippen molar-refractivity contribution in [2.75, 3.05) is 43.4 Å². The largest absolute Gasteiger partial charge is 0.386 e. The number of amides is 1. The lowest BCUT2D eigenvalue weighted by molar-refractivity contribution is 0.0785. The Morgan fingerprint density at radius 3 is 2.49 bits per heavy atom. The van der Waals surface area contributed by atoms with Crippen molar-refractivity contribution >= 4 is 28.3 Å². The molecule has 3 heterocycles. The number of aromatic amines is 2. The van der Waals surface area contributed by atoms with Gasteiger partial charge in [-0.3, -0.25) is 9.89 Å². The molecule has 9 heteroatoms. The average molecular weight is 550 g/mol. The first-order valence-electron chi connectivity index (χ1n) is 13.9. The van der Waals surface area contributed by atoms with E-state index in [-0.39, 0.29) is 5.91 Å². The molecule has 0 aliphatic carbocycles. The first-order chi connectivity index (χ1) is 19.7. The molecule has 210 valence electrons. The summed E-state index contributed by atoms with van der Waals surface area (Å²) in [5.74, 6) is 0.497. The highest BCUT2D eigenvalue weighted by Gasteiger charge is 2.20. The number of nitrogens with zero attached hydrogens (tertiary/aromatic N) is 4. The van der Waals surface area contributed by atoms with Gasteiger partial charge in [-0.15, -0.1) is 0 Å². The number of aromatic nitrogens is 4. The van der Waals surface area contributed by atoms with Crippen molar-refractivity contribution < 1.29 is 9.90 Å². The summed E-state index contributed by atoms with van der Waals surface area (Å²) in [5, 5.41) is 20.7. The lowest BCUT2D eigenvalue weighted by atomic mass is 9.97. The van der Waals surface area contributed by atoms with Crippen LogP contribution in [0.15, 0.2) is 66.9 Å². The standard InChI is InChI=1S/C32H35N7O2/c1-20-24(6-5-7-26(20)36-31(40)21-8-10-22(11-9-21)32(2,3)41)25-19-33-37-29(25)30-34-27-13-12-23(18-28(27)35-30)39-16-14-38(4)15-17-39/h5-13,18-19,41H,14-17H2,1-4H3,(H,33,37)(H,34,35)(H,36,40). The van der Waals surface area contributed by atoms with E-state index in [1.54, 1.807) is 44.3 Å². The Balaban J connectivity index is 1.26. The van der Waals surface area contributed by atoms with Gasteiger partial charge in [-0.25, -0.2) is 4.98 Å². The summed E-state index contributed by atoms with van der Waals surface area (Å²) in [4.78, 5) is 26.2. The minimum atomic E-state index is -0.963. The van der Waals surface area contributed by atoms with E-state index in [1.807, 2.05) is 25.1 Å². The second kappa shape index (κ2) is 10.5. The van der Waals surface area contributed by atoms with Crippen LogP contribution < -0.4 is 10.2 Å². The lowest BCUT2D eigenvalue weighted by Gasteiger charge is -2.34. The zero-order valence-electron chi connectivity index (χ0n) is 23.8. The van der Waals surface area contributed by atoms with Crippen molar-refractivity contribution in [3.63, 3.8) is 0 Å². The van der Waals surface area contributed by atoms with Crippen LogP contribution in [0.5, 0.6) is 0 Å². The normalized spacial score (nSPS) is 14.5. The van der Waals surface area contributed by atoms with Gasteiger partial charge in [0.2, 0.25) is 0 Å². The monoisotopic (exact) mass is 549 g/mol. The first kappa shape index (κ1) is 26.7. The maximum Gasteiger partial charge on any atom is 0.255 e. The molecule has 4 N–H and O–H groups in total. The number of likely N-dealkylation sites (N-methyl/N-ethyl adjacent to an activating group) is 1. The SMILES string of the molecule is Cc1c(NC(=O)c2ccc(C(C)(C)O)cc2)cccc1-c1cn[nH]c1-c1nc2ccc(N3CCN(C)CC3)cc2[nH]1. The highest BCUT2D eigenvalue weighted by atomic mass is 16.3. The highest BCUT2D eigenvalue weighted by Crippen LogP contribution is 2.35. The van der Waals surface area contributed by atoms with Crippen LogP contribution in [0.25, 0.3) is 33.7 Å². The summed E-state index contributed by atoms with van der Waals surface area (Å²) >= 11 is 0. The van der Waals surface area contributed by atoms with Gasteiger partial charge in [-0.1, -0.05) is 24.3 Å². The number of rotatable bonds is 6. The second-order valence-electron chi connectivity index (χ2n) is 11.3. The molecule has 1 fully saturated rings. The van der Waals surface area contributed by atoms with Gasteiger partial charge in [-0.2, -0.15) is 5.10 Å². The number of H-pyrrole nitrogens is 2. The molecule has 1 amide bonds. The summed E-state index contributed by atoms with van der Waals surface area (Å²) in [5.41, 5.74) is 7.64. The van der Waals surface area contributed by atoms with Crippen LogP contribution in [0, 0.1) is 6.92 Å². The molecule has 3 aromatic carbocycles. The fourth-order valence-corrected chi connectivity index (χ4v) is 5.34. The van der Waals surface area contributed by atoms with Crippen LogP contribution in [0.2, 0.25) is 0 Å². The molecule has 0 bridgehead atoms. The van der Waals surface area contributed by atoms with Crippen LogP contribution in [0.3, 0.4) is 0 Å². The minimum Gasteiger partial charge on any atom is -0.386 e. The number of anilines is 2. The summed E-state index contributed by atoms with van der Waals surface area (Å²) in [6.45, 7) is 9.54. The minimum absolute atomic E-state index is 0.214. The van der Waals surface area contributed by atoms with Crippen LogP contribution in [0.4, 0.5) is 11.4 Å². The lowest BCUT2D eigenvalue weighted by Crippen LogP contribution is -2.44. The van der Waals surface area contributed by atoms with Crippen molar-refractivity contribution in [3.8, 4) is 22.6 Å². The van der Waals surface area contributed by atoms with E-state index in [4.69, 9.17) is 4.98 Å². The van der Waals surface area contributed by atoms with Gasteiger partial charge in [0, 0.05) is 48.7 Å². The number of hydrogen-bond acceptors (Lipinski definition) is 6. The molecule has 0 saturated carbocycles. The maximum absolute atomic E-state index is 13.1. The number of aliphatic hydroxyl groups is 1. The van der Waals surface area contributed by atoms with Gasteiger partial charge >= 0.3 is 0 Å². The fraction of sp³-hybridized carbons (Fsp3) is 0.281. The molecule has 0 spiro atoms. The third-order valence-electron chi connectivity index (χ3n) is 7.94. The van der Waals surface area contributed by atoms with Crippen molar-refractivity contribution in [3.05, 3.63) is 83.6 Å². The summed E-state index contributed by atoms with van der Waals surface area (Å²) in [7, 11) is 2.16. The van der Waals surface area contributed by atoms with Crippen LogP contribution >= 0.6 is 0 Å². The third kappa shape index (κ3) is 5.33. The van der Waals surface area contributed by atoms with Crippen molar-refractivity contribution in [2.24, 2.45) is 0 Å². The Kier molecular flexibility index (Phi) is 6.84. The van der Waals surface area contributed by atoms with E-state index >= 15 is 0 Å². The third-order valence-corrected chi connectivity index (χ3v) is 7.94. The molecular weight excluding hydrogens is 514 g/mol. The molecule has 1 aliphatic rings. The van der Waals surface area contributed by atoms with E-state index in [0.29, 0.717) is 17.1 Å². The Bertz CT molecular complexity index is 1700. The molecule has 0 atom stereocenters. The van der Waals surface area contributed by atoms with Crippen molar-refractivity contribution in [1.82, 2.24) is 25.1 Å². The molecule has 6 rings (SSSR count). The quantitative estimate of drug-likeness (QED) is 0.233. The number of nitrogens with one attached hydrogen (secondary N) is 3. The second-order valence-corrected chi connectivity index (χ2v) is 11.3. The molecule has 1 saturated heterocycles. The topological polar surface area (TPSA) is 113 Å². The zero-order chi connectivity index (χ0) is 28.7. The smallest absolute Gasteiger partial charge is 0.255 e. The number of carbonyl (C=O) groups is 1. The zero-order valence-corrected chi connectivity index (χ0v) is 23.8. The number of hydrogen-bond donors (Lipinski definition) is 4. The summed E-state index contributed by atoms with van der Waals surface area (Å²) in [6.07, 6.45) is 1.79. The van der Waals surface area contributed by atoms with E-state index in [2.05, 4.69) is 55.5 Å². The highest BCUT2D eigenvalue weighted by molar-refractivity contribution is 6.05. The van der Waals surface area contributed by atoms with E-state index < -0.39 is 5.60 Å². The number of carbonyl (C=O) groups excluding carboxylic acids is 1. The van der Waals surface area contributed by atoms with Crippen LogP contribution in [-0.4, -0.2) is 69.3 Å². The molecule has 1 aliphatic heterocycles. The van der Waals surface area contributed by atoms with Gasteiger partial charge in [-0.05, 0) is 80.9 Å². The fourth-order valence-electron chi connectivity index (χ4n) is 5.34. The van der Waals surface area contributed by atoms with Crippen molar-refractivity contribution in [2.45, 2.75) is 26.4 Å². The average Bonchev–Trinajstić information content (AvgIpc) is 3.61. The van der Waals surface area contributed by atoms with Gasteiger partial charge in [0.1, 0.15) is 5.69 Å². The van der Waals surface area contributed by atoms with Gasteiger partial charge in [0.25, 0.3) is 5.91 Å². The Morgan fingerprint density at radius 2 is 1.76 bits per heavy atom. The van der Waals surface area contributed by atoms with Gasteiger partial charge in [0.05, 0.1) is 22.8 Å². The summed E-state index contributed by atoms with van der Waals surface area (Å²) in [6, 6.07) is 19.2. The molecular formula is C32H35N7O2. The Labute approximate surface area is 239 Å². The molecule has 5 aromatic rings. The van der Waals surface area contributed by atoms with Crippen molar-refractivity contribution in [1.29, 1.82) is 0 Å². The molecule has 41 heavy (non-hydrogen) atoms. The number of piperazine rings is 1. The van der Waals surface area contributed by atoms with Gasteiger partial charge < -0.3 is 25.2 Å². The van der Waals surface area contributed by atoms with Crippen LogP contribution in [-0.2, 0) is 5.60 Å². The van der Waals surface area contributed by atoms with E-state index in [1.165, 1.54) is 5.69 Å². The first-order valence-corrected chi connectivity index (χ1v) is 13.9. The Hall–Kier alpha value is -4.47. The van der Waals surface area contributed by atoms with E-state index in [9.17, 15) is 9.90 Å². The molecule has 0 radical (unpaired) electrons. The molecule has 9 nitrogen and oxygen atoms in total. The predicted octanol–water partition coefficient (Wildman–Crippen LogP) is 5.16. The van der Waals surface area contributed by atoms with E-state index in [0.717, 1.165) is 65.2 Å². The van der Waals surface area contributed by atoms with Crippen LogP contribution in [0.1, 0.15) is 35.3 Å². The molecule has 2 aromatic heterocycles. The predicted molar refractivity (Wildman–Crippen MR) is 163 cm³/mol. The number of fused-ring (bicyclic) bond motifs is 1. The van der Waals surface area contributed by atoms with Gasteiger partial charge in [0.15, 0.2) is 5.82 Å². The number of benzene rings is 3. The molecule has 0 unspecified atom stereocenters. The number of imidazole rings is 1. The summed E-state index contributed by atoms with van der Waals surface area (Å²) < 4.78 is 0.